The molecule has 0 radical (unpaired) electrons. The summed E-state index contributed by atoms with van der Waals surface area (Å²) in [6.45, 7) is 3.61. The lowest BCUT2D eigenvalue weighted by Crippen LogP contribution is -2.17. The van der Waals surface area contributed by atoms with Gasteiger partial charge in [0.25, 0.3) is 0 Å². The molecule has 1 rings (SSSR count). The molecule has 12 heavy (non-hydrogen) atoms. The van der Waals surface area contributed by atoms with Gasteiger partial charge in [-0.3, -0.25) is 4.79 Å². The topological polar surface area (TPSA) is 40.9 Å². The summed E-state index contributed by atoms with van der Waals surface area (Å²) < 4.78 is 0. The van der Waals surface area contributed by atoms with E-state index in [2.05, 4.69) is 0 Å². The SMILES string of the molecule is CC1(C)C(C#N)=CC=C1C(=O)Cl. The molecule has 0 aromatic rings. The van der Waals surface area contributed by atoms with Crippen LogP contribution in [0.2, 0.25) is 0 Å². The molecule has 0 atom stereocenters. The van der Waals surface area contributed by atoms with Gasteiger partial charge in [-0.1, -0.05) is 19.9 Å². The number of halogens is 1. The van der Waals surface area contributed by atoms with Gasteiger partial charge in [-0.25, -0.2) is 0 Å². The van der Waals surface area contributed by atoms with Crippen LogP contribution >= 0.6 is 11.6 Å². The first-order valence-electron chi connectivity index (χ1n) is 3.53. The quantitative estimate of drug-likeness (QED) is 0.582. The van der Waals surface area contributed by atoms with E-state index in [-0.39, 0.29) is 0 Å². The Labute approximate surface area is 76.1 Å². The van der Waals surface area contributed by atoms with Crippen LogP contribution in [0.15, 0.2) is 23.3 Å². The first-order valence-corrected chi connectivity index (χ1v) is 3.91. The lowest BCUT2D eigenvalue weighted by molar-refractivity contribution is -0.109. The fraction of sp³-hybridized carbons (Fsp3) is 0.333. The number of hydrogen-bond acceptors (Lipinski definition) is 2. The maximum atomic E-state index is 10.9. The molecule has 1 aliphatic carbocycles. The van der Waals surface area contributed by atoms with Crippen molar-refractivity contribution in [1.29, 1.82) is 5.26 Å². The predicted molar refractivity (Wildman–Crippen MR) is 46.4 cm³/mol. The molecule has 0 saturated carbocycles. The van der Waals surface area contributed by atoms with Crippen LogP contribution in [0.25, 0.3) is 0 Å². The molecule has 1 aliphatic rings. The van der Waals surface area contributed by atoms with Gasteiger partial charge < -0.3 is 0 Å². The Hall–Kier alpha value is -1.07. The van der Waals surface area contributed by atoms with Crippen molar-refractivity contribution >= 4 is 16.8 Å². The Morgan fingerprint density at radius 2 is 2.17 bits per heavy atom. The second-order valence-corrected chi connectivity index (χ2v) is 3.51. The summed E-state index contributed by atoms with van der Waals surface area (Å²) in [4.78, 5) is 10.9. The molecule has 0 aromatic heterocycles. The van der Waals surface area contributed by atoms with Crippen LogP contribution in [0, 0.1) is 16.7 Å². The smallest absolute Gasteiger partial charge is 0.249 e. The fourth-order valence-electron chi connectivity index (χ4n) is 1.22. The molecule has 0 heterocycles. The first-order chi connectivity index (χ1) is 5.50. The summed E-state index contributed by atoms with van der Waals surface area (Å²) in [5, 5.41) is 8.21. The number of rotatable bonds is 1. The zero-order valence-electron chi connectivity index (χ0n) is 6.89. The van der Waals surface area contributed by atoms with Crippen LogP contribution in [-0.4, -0.2) is 5.24 Å². The van der Waals surface area contributed by atoms with E-state index >= 15 is 0 Å². The molecule has 0 spiro atoms. The average Bonchev–Trinajstić information content (AvgIpc) is 2.24. The lowest BCUT2D eigenvalue weighted by atomic mass is 9.82. The molecule has 0 aromatic carbocycles. The van der Waals surface area contributed by atoms with Gasteiger partial charge in [0.05, 0.1) is 6.07 Å². The number of nitriles is 1. The number of carbonyl (C=O) groups is 1. The standard InChI is InChI=1S/C9H8ClNO/c1-9(2)6(5-11)3-4-7(9)8(10)12/h3-4H,1-2H3. The number of nitrogens with zero attached hydrogens (tertiary/aromatic N) is 1. The summed E-state index contributed by atoms with van der Waals surface area (Å²) in [5.74, 6) is 0. The third-order valence-corrected chi connectivity index (χ3v) is 2.30. The van der Waals surface area contributed by atoms with E-state index < -0.39 is 10.7 Å². The van der Waals surface area contributed by atoms with Gasteiger partial charge in [0.2, 0.25) is 5.24 Å². The van der Waals surface area contributed by atoms with Crippen LogP contribution in [0.4, 0.5) is 0 Å². The zero-order chi connectivity index (χ0) is 9.35. The highest BCUT2D eigenvalue weighted by Crippen LogP contribution is 2.39. The maximum absolute atomic E-state index is 10.9. The van der Waals surface area contributed by atoms with Gasteiger partial charge >= 0.3 is 0 Å². The Balaban J connectivity index is 3.07. The molecule has 3 heteroatoms. The average molecular weight is 182 g/mol. The van der Waals surface area contributed by atoms with Crippen LogP contribution in [0.5, 0.6) is 0 Å². The van der Waals surface area contributed by atoms with E-state index in [0.717, 1.165) is 0 Å². The summed E-state index contributed by atoms with van der Waals surface area (Å²) in [6.07, 6.45) is 3.24. The van der Waals surface area contributed by atoms with E-state index in [1.807, 2.05) is 6.07 Å². The molecular weight excluding hydrogens is 174 g/mol. The predicted octanol–water partition coefficient (Wildman–Crippen LogP) is 2.17. The molecule has 0 saturated heterocycles. The maximum Gasteiger partial charge on any atom is 0.249 e. The molecule has 0 aliphatic heterocycles. The van der Waals surface area contributed by atoms with Gasteiger partial charge in [-0.05, 0) is 17.7 Å². The van der Waals surface area contributed by atoms with Crippen LogP contribution in [0.3, 0.4) is 0 Å². The first kappa shape index (κ1) is 9.02. The Bertz CT molecular complexity index is 331. The molecule has 62 valence electrons. The molecule has 0 bridgehead atoms. The van der Waals surface area contributed by atoms with Crippen molar-refractivity contribution in [1.82, 2.24) is 0 Å². The Morgan fingerprint density at radius 3 is 2.42 bits per heavy atom. The van der Waals surface area contributed by atoms with Crippen LogP contribution in [-0.2, 0) is 4.79 Å². The normalized spacial score (nSPS) is 19.5. The van der Waals surface area contributed by atoms with Crippen molar-refractivity contribution < 1.29 is 4.79 Å². The monoisotopic (exact) mass is 181 g/mol. The highest BCUT2D eigenvalue weighted by molar-refractivity contribution is 6.68. The Morgan fingerprint density at radius 1 is 1.58 bits per heavy atom. The minimum absolute atomic E-state index is 0.485. The van der Waals surface area contributed by atoms with Crippen LogP contribution < -0.4 is 0 Å². The second-order valence-electron chi connectivity index (χ2n) is 3.17. The van der Waals surface area contributed by atoms with Crippen LogP contribution in [0.1, 0.15) is 13.8 Å². The summed E-state index contributed by atoms with van der Waals surface area (Å²) >= 11 is 5.34. The molecular formula is C9H8ClNO. The van der Waals surface area contributed by atoms with Crippen molar-refractivity contribution in [3.05, 3.63) is 23.3 Å². The molecule has 0 fully saturated rings. The van der Waals surface area contributed by atoms with Crippen molar-refractivity contribution in [3.8, 4) is 6.07 Å². The third-order valence-electron chi connectivity index (χ3n) is 2.10. The summed E-state index contributed by atoms with van der Waals surface area (Å²) in [6, 6.07) is 2.04. The number of hydrogen-bond donors (Lipinski definition) is 0. The molecule has 0 N–H and O–H groups in total. The van der Waals surface area contributed by atoms with E-state index in [4.69, 9.17) is 16.9 Å². The van der Waals surface area contributed by atoms with Gasteiger partial charge in [0.1, 0.15) is 0 Å². The van der Waals surface area contributed by atoms with Gasteiger partial charge in [0, 0.05) is 16.6 Å². The van der Waals surface area contributed by atoms with Crippen molar-refractivity contribution in [2.75, 3.05) is 0 Å². The van der Waals surface area contributed by atoms with Crippen molar-refractivity contribution in [3.63, 3.8) is 0 Å². The number of allylic oxidation sites excluding steroid dienone is 4. The molecule has 2 nitrogen and oxygen atoms in total. The largest absolute Gasteiger partial charge is 0.276 e. The minimum Gasteiger partial charge on any atom is -0.276 e. The van der Waals surface area contributed by atoms with E-state index in [1.165, 1.54) is 0 Å². The summed E-state index contributed by atoms with van der Waals surface area (Å²) in [5.41, 5.74) is 0.542. The van der Waals surface area contributed by atoms with Crippen molar-refractivity contribution in [2.45, 2.75) is 13.8 Å². The lowest BCUT2D eigenvalue weighted by Gasteiger charge is -2.20. The van der Waals surface area contributed by atoms with Gasteiger partial charge in [-0.15, -0.1) is 0 Å². The van der Waals surface area contributed by atoms with Gasteiger partial charge in [0.15, 0.2) is 0 Å². The third kappa shape index (κ3) is 1.17. The minimum atomic E-state index is -0.520. The van der Waals surface area contributed by atoms with Crippen molar-refractivity contribution in [2.24, 2.45) is 5.41 Å². The zero-order valence-corrected chi connectivity index (χ0v) is 7.64. The second kappa shape index (κ2) is 2.76. The summed E-state index contributed by atoms with van der Waals surface area (Å²) in [7, 11) is 0. The van der Waals surface area contributed by atoms with E-state index in [0.29, 0.717) is 11.1 Å². The van der Waals surface area contributed by atoms with Gasteiger partial charge in [-0.2, -0.15) is 5.26 Å². The highest BCUT2D eigenvalue weighted by atomic mass is 35.5. The molecule has 0 unspecified atom stereocenters. The number of carbonyl (C=O) groups excluding carboxylic acids is 1. The van der Waals surface area contributed by atoms with E-state index in [1.54, 1.807) is 26.0 Å². The fourth-order valence-corrected chi connectivity index (χ4v) is 1.52. The van der Waals surface area contributed by atoms with E-state index in [9.17, 15) is 4.79 Å². The highest BCUT2D eigenvalue weighted by Gasteiger charge is 2.34. The Kier molecular flexibility index (Phi) is 2.08. The molecule has 0 amide bonds.